The van der Waals surface area contributed by atoms with Crippen molar-refractivity contribution >= 4 is 28.6 Å². The number of fused-ring (bicyclic) bond motifs is 1. The first kappa shape index (κ1) is 15.0. The fourth-order valence-corrected chi connectivity index (χ4v) is 2.64. The molecule has 0 aliphatic rings. The first-order chi connectivity index (χ1) is 11.2. The Morgan fingerprint density at radius 2 is 1.65 bits per heavy atom. The van der Waals surface area contributed by atoms with E-state index in [1.807, 2.05) is 61.8 Å². The first-order valence-corrected chi connectivity index (χ1v) is 7.57. The molecule has 0 spiro atoms. The van der Waals surface area contributed by atoms with Crippen LogP contribution in [0, 0.1) is 0 Å². The summed E-state index contributed by atoms with van der Waals surface area (Å²) in [7, 11) is 2.03. The molecule has 1 heterocycles. The van der Waals surface area contributed by atoms with Gasteiger partial charge in [0.05, 0.1) is 0 Å². The average Bonchev–Trinajstić information content (AvgIpc) is 2.58. The molecule has 3 nitrogen and oxygen atoms in total. The highest BCUT2D eigenvalue weighted by molar-refractivity contribution is 5.94. The van der Waals surface area contributed by atoms with Crippen molar-refractivity contribution < 1.29 is 9.36 Å². The number of rotatable bonds is 3. The number of hydrogen-bond donors (Lipinski definition) is 0. The number of aryl methyl sites for hydroxylation is 1. The van der Waals surface area contributed by atoms with Gasteiger partial charge in [-0.15, -0.1) is 0 Å². The van der Waals surface area contributed by atoms with Gasteiger partial charge in [-0.3, -0.25) is 9.69 Å². The Morgan fingerprint density at radius 1 is 0.957 bits per heavy atom. The Morgan fingerprint density at radius 3 is 2.39 bits per heavy atom. The van der Waals surface area contributed by atoms with E-state index >= 15 is 0 Å². The second-order valence-corrected chi connectivity index (χ2v) is 5.42. The number of pyridine rings is 1. The van der Waals surface area contributed by atoms with E-state index in [0.717, 1.165) is 16.9 Å². The van der Waals surface area contributed by atoms with Gasteiger partial charge >= 0.3 is 0 Å². The third kappa shape index (κ3) is 3.14. The number of para-hydroxylation sites is 2. The van der Waals surface area contributed by atoms with Crippen LogP contribution in [0.5, 0.6) is 0 Å². The number of carbonyl (C=O) groups is 1. The van der Waals surface area contributed by atoms with Crippen LogP contribution in [0.25, 0.3) is 17.0 Å². The van der Waals surface area contributed by atoms with Gasteiger partial charge in [-0.05, 0) is 24.3 Å². The monoisotopic (exact) mass is 303 g/mol. The maximum absolute atomic E-state index is 11.9. The Hall–Kier alpha value is -2.94. The number of nitrogens with zero attached hydrogens (tertiary/aromatic N) is 2. The van der Waals surface area contributed by atoms with Crippen LogP contribution in [0.3, 0.4) is 0 Å². The van der Waals surface area contributed by atoms with Crippen molar-refractivity contribution in [2.75, 3.05) is 4.90 Å². The standard InChI is InChI=1S/C20H19N2O/c1-16(23)22(19-9-4-3-5-10-19)15-14-18-13-12-17-8-6-7-11-20(17)21(18)2/h3-15H,1-2H3/q+1. The predicted molar refractivity (Wildman–Crippen MR) is 93.8 cm³/mol. The minimum absolute atomic E-state index is 0.0177. The van der Waals surface area contributed by atoms with Crippen molar-refractivity contribution in [3.63, 3.8) is 0 Å². The van der Waals surface area contributed by atoms with Crippen molar-refractivity contribution in [2.24, 2.45) is 7.05 Å². The maximum atomic E-state index is 11.9. The molecule has 2 aromatic carbocycles. The highest BCUT2D eigenvalue weighted by Crippen LogP contribution is 2.15. The molecule has 3 aromatic rings. The van der Waals surface area contributed by atoms with E-state index in [1.54, 1.807) is 11.8 Å². The highest BCUT2D eigenvalue weighted by atomic mass is 16.2. The minimum atomic E-state index is -0.0177. The zero-order chi connectivity index (χ0) is 16.2. The summed E-state index contributed by atoms with van der Waals surface area (Å²) in [6, 6.07) is 22.0. The van der Waals surface area contributed by atoms with E-state index in [-0.39, 0.29) is 5.91 Å². The number of hydrogen-bond acceptors (Lipinski definition) is 1. The predicted octanol–water partition coefficient (Wildman–Crippen LogP) is 3.69. The third-order valence-corrected chi connectivity index (χ3v) is 3.89. The Balaban J connectivity index is 1.98. The molecule has 3 rings (SSSR count). The minimum Gasteiger partial charge on any atom is -0.288 e. The summed E-state index contributed by atoms with van der Waals surface area (Å²) in [6.45, 7) is 1.57. The van der Waals surface area contributed by atoms with Gasteiger partial charge in [-0.1, -0.05) is 30.3 Å². The summed E-state index contributed by atoms with van der Waals surface area (Å²) < 4.78 is 2.12. The van der Waals surface area contributed by atoms with Gasteiger partial charge in [0.15, 0.2) is 0 Å². The molecular formula is C20H19N2O+. The van der Waals surface area contributed by atoms with Crippen LogP contribution in [-0.2, 0) is 11.8 Å². The van der Waals surface area contributed by atoms with E-state index in [4.69, 9.17) is 0 Å². The lowest BCUT2D eigenvalue weighted by Crippen LogP contribution is -2.33. The van der Waals surface area contributed by atoms with Crippen LogP contribution in [0.2, 0.25) is 0 Å². The second kappa shape index (κ2) is 6.44. The Bertz CT molecular complexity index is 869. The molecule has 0 saturated carbocycles. The molecule has 0 unspecified atom stereocenters. The smallest absolute Gasteiger partial charge is 0.227 e. The lowest BCUT2D eigenvalue weighted by molar-refractivity contribution is -0.646. The number of anilines is 1. The molecule has 0 radical (unpaired) electrons. The average molecular weight is 303 g/mol. The molecule has 0 bridgehead atoms. The van der Waals surface area contributed by atoms with Crippen molar-refractivity contribution in [2.45, 2.75) is 6.92 Å². The molecular weight excluding hydrogens is 284 g/mol. The second-order valence-electron chi connectivity index (χ2n) is 5.42. The SMILES string of the molecule is CC(=O)N(C=Cc1ccc2ccccc2[n+]1C)c1ccccc1. The van der Waals surface area contributed by atoms with Crippen LogP contribution >= 0.6 is 0 Å². The van der Waals surface area contributed by atoms with Crippen molar-refractivity contribution in [3.05, 3.63) is 78.6 Å². The van der Waals surface area contributed by atoms with E-state index in [1.165, 1.54) is 5.39 Å². The summed E-state index contributed by atoms with van der Waals surface area (Å²) in [5.74, 6) is -0.0177. The molecule has 114 valence electrons. The number of amides is 1. The lowest BCUT2D eigenvalue weighted by Gasteiger charge is -2.15. The van der Waals surface area contributed by atoms with E-state index in [2.05, 4.69) is 28.8 Å². The van der Waals surface area contributed by atoms with Crippen LogP contribution < -0.4 is 9.47 Å². The van der Waals surface area contributed by atoms with E-state index < -0.39 is 0 Å². The number of benzene rings is 2. The molecule has 0 N–H and O–H groups in total. The first-order valence-electron chi connectivity index (χ1n) is 7.57. The number of aromatic nitrogens is 1. The van der Waals surface area contributed by atoms with Gasteiger partial charge in [-0.25, -0.2) is 0 Å². The van der Waals surface area contributed by atoms with Crippen molar-refractivity contribution in [1.29, 1.82) is 0 Å². The summed E-state index contributed by atoms with van der Waals surface area (Å²) >= 11 is 0. The number of carbonyl (C=O) groups excluding carboxylic acids is 1. The van der Waals surface area contributed by atoms with Gasteiger partial charge in [-0.2, -0.15) is 4.57 Å². The maximum Gasteiger partial charge on any atom is 0.227 e. The van der Waals surface area contributed by atoms with Gasteiger partial charge in [0, 0.05) is 42.4 Å². The van der Waals surface area contributed by atoms with Crippen LogP contribution in [0.15, 0.2) is 72.9 Å². The van der Waals surface area contributed by atoms with Gasteiger partial charge < -0.3 is 0 Å². The molecule has 0 fully saturated rings. The summed E-state index contributed by atoms with van der Waals surface area (Å²) in [5, 5.41) is 1.19. The summed E-state index contributed by atoms with van der Waals surface area (Å²) in [6.07, 6.45) is 3.78. The normalized spacial score (nSPS) is 11.0. The van der Waals surface area contributed by atoms with Gasteiger partial charge in [0.1, 0.15) is 7.05 Å². The molecule has 3 heteroatoms. The zero-order valence-corrected chi connectivity index (χ0v) is 13.3. The lowest BCUT2D eigenvalue weighted by atomic mass is 10.2. The summed E-state index contributed by atoms with van der Waals surface area (Å²) in [5.41, 5.74) is 3.05. The molecule has 0 aliphatic carbocycles. The molecule has 1 aromatic heterocycles. The molecule has 0 saturated heterocycles. The molecule has 0 aliphatic heterocycles. The molecule has 1 amide bonds. The Kier molecular flexibility index (Phi) is 4.20. The van der Waals surface area contributed by atoms with Crippen molar-refractivity contribution in [1.82, 2.24) is 0 Å². The topological polar surface area (TPSA) is 24.2 Å². The fraction of sp³-hybridized carbons (Fsp3) is 0.100. The fourth-order valence-electron chi connectivity index (χ4n) is 2.64. The Labute approximate surface area is 136 Å². The third-order valence-electron chi connectivity index (χ3n) is 3.89. The summed E-state index contributed by atoms with van der Waals surface area (Å²) in [4.78, 5) is 13.6. The van der Waals surface area contributed by atoms with Crippen molar-refractivity contribution in [3.8, 4) is 0 Å². The van der Waals surface area contributed by atoms with E-state index in [9.17, 15) is 4.79 Å². The largest absolute Gasteiger partial charge is 0.288 e. The van der Waals surface area contributed by atoms with Crippen LogP contribution in [-0.4, -0.2) is 5.91 Å². The van der Waals surface area contributed by atoms with Gasteiger partial charge in [0.2, 0.25) is 17.1 Å². The van der Waals surface area contributed by atoms with Crippen LogP contribution in [0.4, 0.5) is 5.69 Å². The van der Waals surface area contributed by atoms with Crippen LogP contribution in [0.1, 0.15) is 12.6 Å². The van der Waals surface area contributed by atoms with E-state index in [0.29, 0.717) is 0 Å². The molecule has 0 atom stereocenters. The quantitative estimate of drug-likeness (QED) is 0.677. The highest BCUT2D eigenvalue weighted by Gasteiger charge is 2.11. The molecule has 23 heavy (non-hydrogen) atoms. The van der Waals surface area contributed by atoms with Gasteiger partial charge in [0.25, 0.3) is 0 Å². The zero-order valence-electron chi connectivity index (χ0n) is 13.3.